The van der Waals surface area contributed by atoms with Crippen LogP contribution in [0, 0.1) is 5.92 Å². The Hall–Kier alpha value is -1.13. The first-order chi connectivity index (χ1) is 9.88. The number of fused-ring (bicyclic) bond motifs is 1. The second-order valence-electron chi connectivity index (χ2n) is 5.61. The molecule has 1 N–H and O–H groups in total. The van der Waals surface area contributed by atoms with Gasteiger partial charge in [-0.25, -0.2) is 4.98 Å². The lowest BCUT2D eigenvalue weighted by Crippen LogP contribution is -2.37. The first kappa shape index (κ1) is 13.8. The number of nitrogens with one attached hydrogen (secondary N) is 1. The van der Waals surface area contributed by atoms with E-state index in [1.165, 1.54) is 48.3 Å². The number of thiophene rings is 1. The van der Waals surface area contributed by atoms with Gasteiger partial charge in [-0.15, -0.1) is 11.3 Å². The maximum Gasteiger partial charge on any atom is 0.137 e. The fourth-order valence-electron chi connectivity index (χ4n) is 3.06. The first-order valence-corrected chi connectivity index (χ1v) is 8.54. The zero-order valence-electron chi connectivity index (χ0n) is 12.1. The zero-order chi connectivity index (χ0) is 13.8. The second kappa shape index (κ2) is 6.55. The fraction of sp³-hybridized carbons (Fsp3) is 0.562. The van der Waals surface area contributed by atoms with Gasteiger partial charge in [0.15, 0.2) is 0 Å². The lowest BCUT2D eigenvalue weighted by molar-refractivity contribution is 0.373. The van der Waals surface area contributed by atoms with Crippen molar-refractivity contribution in [2.45, 2.75) is 26.2 Å². The molecule has 3 heterocycles. The van der Waals surface area contributed by atoms with E-state index >= 15 is 0 Å². The molecular weight excluding hydrogens is 266 g/mol. The number of nitrogens with zero attached hydrogens (tertiary/aromatic N) is 2. The van der Waals surface area contributed by atoms with Crippen molar-refractivity contribution in [2.24, 2.45) is 5.92 Å². The third-order valence-corrected chi connectivity index (χ3v) is 4.97. The van der Waals surface area contributed by atoms with Crippen molar-refractivity contribution in [2.75, 3.05) is 31.1 Å². The highest BCUT2D eigenvalue weighted by Gasteiger charge is 2.19. The maximum atomic E-state index is 4.68. The van der Waals surface area contributed by atoms with E-state index in [1.807, 2.05) is 6.20 Å². The Balaban J connectivity index is 1.83. The molecule has 108 valence electrons. The minimum Gasteiger partial charge on any atom is -0.356 e. The number of hydrogen-bond acceptors (Lipinski definition) is 4. The number of rotatable bonds is 5. The smallest absolute Gasteiger partial charge is 0.137 e. The van der Waals surface area contributed by atoms with Crippen molar-refractivity contribution in [1.29, 1.82) is 0 Å². The van der Waals surface area contributed by atoms with Gasteiger partial charge < -0.3 is 10.2 Å². The topological polar surface area (TPSA) is 28.2 Å². The van der Waals surface area contributed by atoms with Crippen molar-refractivity contribution >= 4 is 27.2 Å². The molecule has 20 heavy (non-hydrogen) atoms. The Kier molecular flexibility index (Phi) is 4.53. The Bertz CT molecular complexity index is 545. The van der Waals surface area contributed by atoms with E-state index in [-0.39, 0.29) is 0 Å². The van der Waals surface area contributed by atoms with Gasteiger partial charge in [0.25, 0.3) is 0 Å². The Morgan fingerprint density at radius 2 is 2.20 bits per heavy atom. The summed E-state index contributed by atoms with van der Waals surface area (Å²) in [5, 5.41) is 6.94. The van der Waals surface area contributed by atoms with Crippen LogP contribution in [0.5, 0.6) is 0 Å². The summed E-state index contributed by atoms with van der Waals surface area (Å²) in [6, 6.07) is 4.34. The molecule has 0 aliphatic carbocycles. The van der Waals surface area contributed by atoms with Crippen LogP contribution in [0.1, 0.15) is 26.2 Å². The standard InChI is InChI=1S/C16H23N3S/c1-2-10-19(12-13-3-7-17-8-4-13)16-14-6-11-20-15(14)5-9-18-16/h5-6,9,11,13,17H,2-4,7-8,10,12H2,1H3. The number of piperidine rings is 1. The van der Waals surface area contributed by atoms with Crippen LogP contribution in [0.4, 0.5) is 5.82 Å². The highest BCUT2D eigenvalue weighted by Crippen LogP contribution is 2.29. The van der Waals surface area contributed by atoms with Crippen LogP contribution < -0.4 is 10.2 Å². The monoisotopic (exact) mass is 289 g/mol. The lowest BCUT2D eigenvalue weighted by Gasteiger charge is -2.31. The Labute approximate surface area is 125 Å². The Morgan fingerprint density at radius 3 is 3.00 bits per heavy atom. The average molecular weight is 289 g/mol. The molecule has 0 amide bonds. The average Bonchev–Trinajstić information content (AvgIpc) is 2.96. The summed E-state index contributed by atoms with van der Waals surface area (Å²) in [6.45, 7) is 6.84. The van der Waals surface area contributed by atoms with Crippen molar-refractivity contribution in [3.63, 3.8) is 0 Å². The summed E-state index contributed by atoms with van der Waals surface area (Å²) < 4.78 is 1.35. The van der Waals surface area contributed by atoms with Crippen LogP contribution in [0.2, 0.25) is 0 Å². The largest absolute Gasteiger partial charge is 0.356 e. The van der Waals surface area contributed by atoms with Crippen molar-refractivity contribution in [3.8, 4) is 0 Å². The van der Waals surface area contributed by atoms with Gasteiger partial charge in [0.05, 0.1) is 0 Å². The van der Waals surface area contributed by atoms with Gasteiger partial charge in [-0.3, -0.25) is 0 Å². The molecule has 1 aliphatic heterocycles. The minimum absolute atomic E-state index is 0.804. The summed E-state index contributed by atoms with van der Waals surface area (Å²) in [6.07, 6.45) is 5.71. The highest BCUT2D eigenvalue weighted by atomic mass is 32.1. The molecule has 0 bridgehead atoms. The summed E-state index contributed by atoms with van der Waals surface area (Å²) in [4.78, 5) is 7.19. The van der Waals surface area contributed by atoms with Crippen LogP contribution in [0.25, 0.3) is 10.1 Å². The van der Waals surface area contributed by atoms with Crippen LogP contribution in [-0.4, -0.2) is 31.2 Å². The molecule has 2 aromatic rings. The second-order valence-corrected chi connectivity index (χ2v) is 6.55. The highest BCUT2D eigenvalue weighted by molar-refractivity contribution is 7.17. The van der Waals surface area contributed by atoms with Gasteiger partial charge in [-0.2, -0.15) is 0 Å². The Morgan fingerprint density at radius 1 is 1.35 bits per heavy atom. The zero-order valence-corrected chi connectivity index (χ0v) is 13.0. The number of aromatic nitrogens is 1. The van der Waals surface area contributed by atoms with E-state index in [1.54, 1.807) is 11.3 Å². The fourth-order valence-corrected chi connectivity index (χ4v) is 3.84. The summed E-state index contributed by atoms with van der Waals surface area (Å²) in [7, 11) is 0. The molecule has 0 radical (unpaired) electrons. The molecular formula is C16H23N3S. The van der Waals surface area contributed by atoms with Gasteiger partial charge in [-0.05, 0) is 55.8 Å². The molecule has 1 fully saturated rings. The van der Waals surface area contributed by atoms with Crippen LogP contribution >= 0.6 is 11.3 Å². The normalized spacial score (nSPS) is 16.6. The van der Waals surface area contributed by atoms with E-state index < -0.39 is 0 Å². The van der Waals surface area contributed by atoms with E-state index in [2.05, 4.69) is 39.6 Å². The van der Waals surface area contributed by atoms with E-state index in [9.17, 15) is 0 Å². The number of hydrogen-bond donors (Lipinski definition) is 1. The molecule has 3 rings (SSSR count). The van der Waals surface area contributed by atoms with Crippen LogP contribution in [0.3, 0.4) is 0 Å². The third kappa shape index (κ3) is 2.96. The predicted molar refractivity (Wildman–Crippen MR) is 87.7 cm³/mol. The molecule has 0 saturated carbocycles. The maximum absolute atomic E-state index is 4.68. The molecule has 1 aliphatic rings. The van der Waals surface area contributed by atoms with E-state index in [4.69, 9.17) is 0 Å². The van der Waals surface area contributed by atoms with Gasteiger partial charge in [0.2, 0.25) is 0 Å². The first-order valence-electron chi connectivity index (χ1n) is 7.66. The third-order valence-electron chi connectivity index (χ3n) is 4.09. The summed E-state index contributed by atoms with van der Waals surface area (Å²) in [5.41, 5.74) is 0. The van der Waals surface area contributed by atoms with Crippen molar-refractivity contribution < 1.29 is 0 Å². The predicted octanol–water partition coefficient (Wildman–Crippen LogP) is 3.51. The van der Waals surface area contributed by atoms with Gasteiger partial charge >= 0.3 is 0 Å². The van der Waals surface area contributed by atoms with Crippen molar-refractivity contribution in [1.82, 2.24) is 10.3 Å². The van der Waals surface area contributed by atoms with Gasteiger partial charge in [-0.1, -0.05) is 6.92 Å². The van der Waals surface area contributed by atoms with Gasteiger partial charge in [0, 0.05) is 29.4 Å². The number of anilines is 1. The molecule has 0 spiro atoms. The summed E-state index contributed by atoms with van der Waals surface area (Å²) >= 11 is 1.81. The molecule has 0 aromatic carbocycles. The molecule has 1 saturated heterocycles. The molecule has 3 nitrogen and oxygen atoms in total. The summed E-state index contributed by atoms with van der Waals surface area (Å²) in [5.74, 6) is 1.99. The molecule has 4 heteroatoms. The quantitative estimate of drug-likeness (QED) is 0.913. The molecule has 2 aromatic heterocycles. The van der Waals surface area contributed by atoms with Crippen LogP contribution in [-0.2, 0) is 0 Å². The molecule has 0 atom stereocenters. The molecule has 0 unspecified atom stereocenters. The lowest BCUT2D eigenvalue weighted by atomic mass is 9.97. The van der Waals surface area contributed by atoms with Crippen LogP contribution in [0.15, 0.2) is 23.7 Å². The van der Waals surface area contributed by atoms with Crippen molar-refractivity contribution in [3.05, 3.63) is 23.7 Å². The minimum atomic E-state index is 0.804. The van der Waals surface area contributed by atoms with E-state index in [0.717, 1.165) is 19.0 Å². The van der Waals surface area contributed by atoms with Gasteiger partial charge in [0.1, 0.15) is 5.82 Å². The van der Waals surface area contributed by atoms with E-state index in [0.29, 0.717) is 0 Å². The number of pyridine rings is 1. The SMILES string of the molecule is CCCN(CC1CCNCC1)c1nccc2sccc12.